The molecule has 0 amide bonds. The average molecular weight is 277 g/mol. The van der Waals surface area contributed by atoms with E-state index in [1.165, 1.54) is 0 Å². The molecule has 0 heterocycles. The van der Waals surface area contributed by atoms with E-state index in [-0.39, 0.29) is 16.0 Å². The maximum atomic E-state index is 12.1. The van der Waals surface area contributed by atoms with Crippen molar-refractivity contribution in [3.05, 3.63) is 23.3 Å². The zero-order valence-electron chi connectivity index (χ0n) is 8.65. The van der Waals surface area contributed by atoms with E-state index >= 15 is 0 Å². The minimum absolute atomic E-state index is 0.0242. The number of alkyl halides is 3. The molecule has 1 aromatic carbocycles. The summed E-state index contributed by atoms with van der Waals surface area (Å²) >= 11 is 3.75. The highest BCUT2D eigenvalue weighted by Crippen LogP contribution is 2.32. The van der Waals surface area contributed by atoms with Gasteiger partial charge in [-0.1, -0.05) is 0 Å². The van der Waals surface area contributed by atoms with Crippen LogP contribution in [0.1, 0.15) is 11.1 Å². The van der Waals surface area contributed by atoms with E-state index in [2.05, 4.69) is 17.4 Å². The molecule has 18 heavy (non-hydrogen) atoms. The number of rotatable bonds is 3. The van der Waals surface area contributed by atoms with Gasteiger partial charge in [-0.2, -0.15) is 5.26 Å². The van der Waals surface area contributed by atoms with Gasteiger partial charge in [0.15, 0.2) is 0 Å². The Morgan fingerprint density at radius 1 is 1.50 bits per heavy atom. The summed E-state index contributed by atoms with van der Waals surface area (Å²) in [5.74, 6) is -1.93. The summed E-state index contributed by atoms with van der Waals surface area (Å²) in [5, 5.41) is 17.3. The molecule has 0 aliphatic heterocycles. The van der Waals surface area contributed by atoms with Gasteiger partial charge in [0.1, 0.15) is 11.8 Å². The molecule has 4 nitrogen and oxygen atoms in total. The maximum Gasteiger partial charge on any atom is 0.573 e. The zero-order valence-corrected chi connectivity index (χ0v) is 9.55. The number of hydrogen-bond acceptors (Lipinski definition) is 4. The summed E-state index contributed by atoms with van der Waals surface area (Å²) in [6.07, 6.45) is -5.46. The van der Waals surface area contributed by atoms with Gasteiger partial charge in [0.25, 0.3) is 0 Å². The molecule has 0 atom stereocenters. The predicted molar refractivity (Wildman–Crippen MR) is 56.4 cm³/mol. The molecule has 0 aromatic heterocycles. The minimum atomic E-state index is -4.94. The summed E-state index contributed by atoms with van der Waals surface area (Å²) in [5.41, 5.74) is -0.160. The Morgan fingerprint density at radius 2 is 2.11 bits per heavy atom. The molecule has 0 fully saturated rings. The standard InChI is InChI=1S/C10H6F3NO3S/c11-10(12,13)17-7-2-5(3-8(15)16)1-6(4-14)9(7)18/h1-2,18H,3H2,(H,15,16). The van der Waals surface area contributed by atoms with Crippen LogP contribution in [-0.4, -0.2) is 17.4 Å². The number of nitriles is 1. The van der Waals surface area contributed by atoms with Crippen molar-refractivity contribution in [1.29, 1.82) is 5.26 Å². The number of carboxylic acids is 1. The fourth-order valence-electron chi connectivity index (χ4n) is 1.23. The molecule has 0 unspecified atom stereocenters. The Bertz CT molecular complexity index is 522. The van der Waals surface area contributed by atoms with Crippen LogP contribution >= 0.6 is 12.6 Å². The second kappa shape index (κ2) is 5.18. The lowest BCUT2D eigenvalue weighted by Crippen LogP contribution is -2.18. The first-order chi connectivity index (χ1) is 8.23. The van der Waals surface area contributed by atoms with Gasteiger partial charge < -0.3 is 9.84 Å². The highest BCUT2D eigenvalue weighted by atomic mass is 32.1. The van der Waals surface area contributed by atoms with E-state index in [1.807, 2.05) is 0 Å². The van der Waals surface area contributed by atoms with Crippen LogP contribution in [0.15, 0.2) is 17.0 Å². The first-order valence-corrected chi connectivity index (χ1v) is 4.91. The average Bonchev–Trinajstić information content (AvgIpc) is 2.19. The second-order valence-corrected chi connectivity index (χ2v) is 3.67. The van der Waals surface area contributed by atoms with Gasteiger partial charge in [0.2, 0.25) is 0 Å². The molecular weight excluding hydrogens is 271 g/mol. The van der Waals surface area contributed by atoms with Gasteiger partial charge in [-0.15, -0.1) is 25.8 Å². The Balaban J connectivity index is 3.24. The Hall–Kier alpha value is -1.88. The van der Waals surface area contributed by atoms with E-state index < -0.39 is 24.5 Å². The zero-order chi connectivity index (χ0) is 13.9. The quantitative estimate of drug-likeness (QED) is 0.832. The van der Waals surface area contributed by atoms with Crippen LogP contribution in [0.2, 0.25) is 0 Å². The van der Waals surface area contributed by atoms with Crippen LogP contribution in [-0.2, 0) is 11.2 Å². The van der Waals surface area contributed by atoms with E-state index in [4.69, 9.17) is 10.4 Å². The van der Waals surface area contributed by atoms with Gasteiger partial charge in [0.05, 0.1) is 16.9 Å². The Kier molecular flexibility index (Phi) is 4.08. The van der Waals surface area contributed by atoms with Crippen LogP contribution in [0.4, 0.5) is 13.2 Å². The second-order valence-electron chi connectivity index (χ2n) is 3.22. The molecule has 0 spiro atoms. The van der Waals surface area contributed by atoms with Crippen molar-refractivity contribution < 1.29 is 27.8 Å². The van der Waals surface area contributed by atoms with Crippen molar-refractivity contribution in [2.45, 2.75) is 17.7 Å². The third kappa shape index (κ3) is 3.85. The smallest absolute Gasteiger partial charge is 0.481 e. The van der Waals surface area contributed by atoms with Crippen molar-refractivity contribution >= 4 is 18.6 Å². The van der Waals surface area contributed by atoms with Crippen molar-refractivity contribution in [3.8, 4) is 11.8 Å². The van der Waals surface area contributed by atoms with Crippen LogP contribution in [0, 0.1) is 11.3 Å². The predicted octanol–water partition coefficient (Wildman–Crippen LogP) is 2.37. The lowest BCUT2D eigenvalue weighted by Gasteiger charge is -2.13. The van der Waals surface area contributed by atoms with Gasteiger partial charge >= 0.3 is 12.3 Å². The normalized spacial score (nSPS) is 10.8. The molecule has 96 valence electrons. The maximum absolute atomic E-state index is 12.1. The monoisotopic (exact) mass is 277 g/mol. The Morgan fingerprint density at radius 3 is 2.56 bits per heavy atom. The van der Waals surface area contributed by atoms with Crippen LogP contribution < -0.4 is 4.74 Å². The molecule has 0 saturated carbocycles. The number of hydrogen-bond donors (Lipinski definition) is 2. The Labute approximate surface area is 105 Å². The largest absolute Gasteiger partial charge is 0.573 e. The van der Waals surface area contributed by atoms with Gasteiger partial charge in [-0.05, 0) is 17.7 Å². The van der Waals surface area contributed by atoms with Crippen molar-refractivity contribution in [1.82, 2.24) is 0 Å². The molecule has 1 aromatic rings. The van der Waals surface area contributed by atoms with Crippen molar-refractivity contribution in [2.24, 2.45) is 0 Å². The number of ether oxygens (including phenoxy) is 1. The first kappa shape index (κ1) is 14.2. The minimum Gasteiger partial charge on any atom is -0.481 e. The number of halogens is 3. The third-order valence-electron chi connectivity index (χ3n) is 1.84. The lowest BCUT2D eigenvalue weighted by molar-refractivity contribution is -0.275. The lowest BCUT2D eigenvalue weighted by atomic mass is 10.1. The molecule has 8 heteroatoms. The summed E-state index contributed by atoms with van der Waals surface area (Å²) in [7, 11) is 0. The SMILES string of the molecule is N#Cc1cc(CC(=O)O)cc(OC(F)(F)F)c1S. The molecule has 1 N–H and O–H groups in total. The fraction of sp³-hybridized carbons (Fsp3) is 0.200. The van der Waals surface area contributed by atoms with Gasteiger partial charge in [0, 0.05) is 0 Å². The molecule has 0 aliphatic rings. The fourth-order valence-corrected chi connectivity index (χ4v) is 1.45. The summed E-state index contributed by atoms with van der Waals surface area (Å²) < 4.78 is 40.0. The highest BCUT2D eigenvalue weighted by Gasteiger charge is 2.32. The van der Waals surface area contributed by atoms with Gasteiger partial charge in [-0.3, -0.25) is 4.79 Å². The highest BCUT2D eigenvalue weighted by molar-refractivity contribution is 7.80. The molecule has 0 bridgehead atoms. The molecule has 0 radical (unpaired) electrons. The summed E-state index contributed by atoms with van der Waals surface area (Å²) in [6, 6.07) is 3.66. The van der Waals surface area contributed by atoms with Crippen LogP contribution in [0.25, 0.3) is 0 Å². The number of thiol groups is 1. The number of aliphatic carboxylic acids is 1. The topological polar surface area (TPSA) is 70.3 Å². The van der Waals surface area contributed by atoms with Crippen molar-refractivity contribution in [2.75, 3.05) is 0 Å². The van der Waals surface area contributed by atoms with Crippen LogP contribution in [0.5, 0.6) is 5.75 Å². The third-order valence-corrected chi connectivity index (χ3v) is 2.30. The molecular formula is C10H6F3NO3S. The molecule has 0 aliphatic carbocycles. The van der Waals surface area contributed by atoms with Crippen molar-refractivity contribution in [3.63, 3.8) is 0 Å². The van der Waals surface area contributed by atoms with Crippen LogP contribution in [0.3, 0.4) is 0 Å². The van der Waals surface area contributed by atoms with E-state index in [0.717, 1.165) is 12.1 Å². The summed E-state index contributed by atoms with van der Waals surface area (Å²) in [4.78, 5) is 10.2. The van der Waals surface area contributed by atoms with Gasteiger partial charge in [-0.25, -0.2) is 0 Å². The molecule has 1 rings (SSSR count). The van der Waals surface area contributed by atoms with E-state index in [1.54, 1.807) is 6.07 Å². The first-order valence-electron chi connectivity index (χ1n) is 4.46. The number of nitrogens with zero attached hydrogens (tertiary/aromatic N) is 1. The van der Waals surface area contributed by atoms with E-state index in [0.29, 0.717) is 0 Å². The van der Waals surface area contributed by atoms with E-state index in [9.17, 15) is 18.0 Å². The number of benzene rings is 1. The number of carboxylic acid groups (broad SMARTS) is 1. The molecule has 0 saturated heterocycles. The number of carbonyl (C=O) groups is 1. The summed E-state index contributed by atoms with van der Waals surface area (Å²) in [6.45, 7) is 0.